The van der Waals surface area contributed by atoms with Gasteiger partial charge in [0.1, 0.15) is 12.9 Å². The minimum absolute atomic E-state index is 0.00322. The molecule has 21 heavy (non-hydrogen) atoms. The lowest BCUT2D eigenvalue weighted by Crippen LogP contribution is -2.36. The van der Waals surface area contributed by atoms with Gasteiger partial charge in [-0.05, 0) is 36.2 Å². The van der Waals surface area contributed by atoms with E-state index in [0.717, 1.165) is 5.56 Å². The molecule has 2 aromatic rings. The first-order valence-electron chi connectivity index (χ1n) is 6.46. The number of carbonyl (C=O) groups excluding carboxylic acids is 1. The van der Waals surface area contributed by atoms with Crippen molar-refractivity contribution >= 4 is 17.5 Å². The first kappa shape index (κ1) is 15.4. The number of halogens is 1. The van der Waals surface area contributed by atoms with E-state index in [1.807, 2.05) is 43.3 Å². The van der Waals surface area contributed by atoms with Crippen molar-refractivity contribution in [2.24, 2.45) is 0 Å². The number of carbonyl (C=O) groups is 1. The summed E-state index contributed by atoms with van der Waals surface area (Å²) in [6, 6.07) is 7.61. The van der Waals surface area contributed by atoms with Crippen molar-refractivity contribution < 1.29 is 4.79 Å². The number of nitrogens with one attached hydrogen (secondary N) is 1. The van der Waals surface area contributed by atoms with Crippen LogP contribution < -0.4 is 5.32 Å². The molecule has 0 fully saturated rings. The summed E-state index contributed by atoms with van der Waals surface area (Å²) in [6.07, 6.45) is 1.40. The van der Waals surface area contributed by atoms with Gasteiger partial charge in [-0.1, -0.05) is 29.8 Å². The molecule has 8 heteroatoms. The Kier molecular flexibility index (Phi) is 5.24. The molecule has 0 radical (unpaired) electrons. The van der Waals surface area contributed by atoms with E-state index in [2.05, 4.69) is 20.8 Å². The van der Waals surface area contributed by atoms with E-state index in [9.17, 15) is 4.79 Å². The highest BCUT2D eigenvalue weighted by Crippen LogP contribution is 2.25. The molecule has 0 aliphatic rings. The molecule has 2 rings (SSSR count). The maximum absolute atomic E-state index is 11.9. The SMILES string of the molecule is CN(C)C(CNC(=O)Cn1cnnn1)c1ccccc1Cl. The number of tetrazole rings is 1. The Morgan fingerprint density at radius 1 is 1.43 bits per heavy atom. The predicted molar refractivity (Wildman–Crippen MR) is 78.7 cm³/mol. The van der Waals surface area contributed by atoms with Crippen LogP contribution in [0, 0.1) is 0 Å². The van der Waals surface area contributed by atoms with Crippen LogP contribution in [0.4, 0.5) is 0 Å². The summed E-state index contributed by atoms with van der Waals surface area (Å²) < 4.78 is 1.37. The standard InChI is InChI=1S/C13H17ClN6O/c1-19(2)12(10-5-3-4-6-11(10)14)7-15-13(21)8-20-9-16-17-18-20/h3-6,9,12H,7-8H2,1-2H3,(H,15,21). The number of hydrogen-bond acceptors (Lipinski definition) is 5. The monoisotopic (exact) mass is 308 g/mol. The van der Waals surface area contributed by atoms with E-state index in [1.54, 1.807) is 0 Å². The summed E-state index contributed by atoms with van der Waals surface area (Å²) >= 11 is 6.22. The normalized spacial score (nSPS) is 12.4. The molecule has 1 unspecified atom stereocenters. The molecule has 1 N–H and O–H groups in total. The van der Waals surface area contributed by atoms with Gasteiger partial charge in [0.2, 0.25) is 5.91 Å². The molecule has 1 atom stereocenters. The Labute approximate surface area is 127 Å². The van der Waals surface area contributed by atoms with E-state index in [-0.39, 0.29) is 18.5 Å². The highest BCUT2D eigenvalue weighted by atomic mass is 35.5. The number of rotatable bonds is 6. The van der Waals surface area contributed by atoms with Gasteiger partial charge in [0.05, 0.1) is 6.04 Å². The molecule has 7 nitrogen and oxygen atoms in total. The Bertz CT molecular complexity index is 586. The highest BCUT2D eigenvalue weighted by molar-refractivity contribution is 6.31. The van der Waals surface area contributed by atoms with Crippen LogP contribution in [0.3, 0.4) is 0 Å². The number of benzene rings is 1. The third-order valence-corrected chi connectivity index (χ3v) is 3.42. The zero-order valence-electron chi connectivity index (χ0n) is 11.9. The van der Waals surface area contributed by atoms with Crippen LogP contribution in [0.5, 0.6) is 0 Å². The minimum atomic E-state index is -0.152. The Hall–Kier alpha value is -1.99. The lowest BCUT2D eigenvalue weighted by molar-refractivity contribution is -0.122. The zero-order chi connectivity index (χ0) is 15.2. The van der Waals surface area contributed by atoms with E-state index < -0.39 is 0 Å². The van der Waals surface area contributed by atoms with Gasteiger partial charge >= 0.3 is 0 Å². The van der Waals surface area contributed by atoms with Crippen molar-refractivity contribution in [2.45, 2.75) is 12.6 Å². The average Bonchev–Trinajstić information content (AvgIpc) is 2.93. The smallest absolute Gasteiger partial charge is 0.241 e. The fourth-order valence-corrected chi connectivity index (χ4v) is 2.24. The second kappa shape index (κ2) is 7.14. The predicted octanol–water partition coefficient (Wildman–Crippen LogP) is 0.746. The molecular weight excluding hydrogens is 292 g/mol. The van der Waals surface area contributed by atoms with E-state index in [0.29, 0.717) is 11.6 Å². The zero-order valence-corrected chi connectivity index (χ0v) is 12.7. The second-order valence-electron chi connectivity index (χ2n) is 4.81. The first-order valence-corrected chi connectivity index (χ1v) is 6.84. The van der Waals surface area contributed by atoms with Crippen molar-refractivity contribution in [2.75, 3.05) is 20.6 Å². The molecule has 0 aliphatic heterocycles. The van der Waals surface area contributed by atoms with Crippen molar-refractivity contribution in [1.29, 1.82) is 0 Å². The maximum atomic E-state index is 11.9. The Morgan fingerprint density at radius 2 is 2.19 bits per heavy atom. The Morgan fingerprint density at radius 3 is 2.81 bits per heavy atom. The molecule has 1 amide bonds. The summed E-state index contributed by atoms with van der Waals surface area (Å²) in [5.74, 6) is -0.152. The summed E-state index contributed by atoms with van der Waals surface area (Å²) in [7, 11) is 3.89. The highest BCUT2D eigenvalue weighted by Gasteiger charge is 2.17. The van der Waals surface area contributed by atoms with Crippen LogP contribution >= 0.6 is 11.6 Å². The summed E-state index contributed by atoms with van der Waals surface area (Å²) in [6.45, 7) is 0.549. The van der Waals surface area contributed by atoms with Crippen LogP contribution in [0.2, 0.25) is 5.02 Å². The Balaban J connectivity index is 1.98. The second-order valence-corrected chi connectivity index (χ2v) is 5.22. The number of aromatic nitrogens is 4. The molecule has 0 aliphatic carbocycles. The van der Waals surface area contributed by atoms with Crippen molar-refractivity contribution in [1.82, 2.24) is 30.4 Å². The number of amides is 1. The van der Waals surface area contributed by atoms with Crippen LogP contribution in [-0.4, -0.2) is 51.7 Å². The van der Waals surface area contributed by atoms with Crippen LogP contribution in [0.1, 0.15) is 11.6 Å². The van der Waals surface area contributed by atoms with Crippen LogP contribution in [-0.2, 0) is 11.3 Å². The number of hydrogen-bond donors (Lipinski definition) is 1. The molecule has 112 valence electrons. The third-order valence-electron chi connectivity index (χ3n) is 3.08. The molecule has 0 saturated carbocycles. The minimum Gasteiger partial charge on any atom is -0.353 e. The van der Waals surface area contributed by atoms with Gasteiger partial charge in [-0.15, -0.1) is 5.10 Å². The summed E-state index contributed by atoms with van der Waals surface area (Å²) in [5.41, 5.74) is 0.979. The van der Waals surface area contributed by atoms with E-state index in [4.69, 9.17) is 11.6 Å². The molecular formula is C13H17ClN6O. The average molecular weight is 309 g/mol. The molecule has 0 spiro atoms. The van der Waals surface area contributed by atoms with Crippen LogP contribution in [0.15, 0.2) is 30.6 Å². The van der Waals surface area contributed by atoms with Gasteiger partial charge in [0, 0.05) is 11.6 Å². The lowest BCUT2D eigenvalue weighted by Gasteiger charge is -2.25. The van der Waals surface area contributed by atoms with Gasteiger partial charge in [-0.2, -0.15) is 0 Å². The summed E-state index contributed by atoms with van der Waals surface area (Å²) in [5, 5.41) is 14.2. The molecule has 1 heterocycles. The van der Waals surface area contributed by atoms with Crippen molar-refractivity contribution in [3.63, 3.8) is 0 Å². The van der Waals surface area contributed by atoms with Gasteiger partial charge in [-0.3, -0.25) is 4.79 Å². The van der Waals surface area contributed by atoms with Gasteiger partial charge < -0.3 is 10.2 Å². The van der Waals surface area contributed by atoms with E-state index in [1.165, 1.54) is 11.0 Å². The fraction of sp³-hybridized carbons (Fsp3) is 0.385. The van der Waals surface area contributed by atoms with Crippen molar-refractivity contribution in [3.8, 4) is 0 Å². The van der Waals surface area contributed by atoms with Crippen molar-refractivity contribution in [3.05, 3.63) is 41.2 Å². The largest absolute Gasteiger partial charge is 0.353 e. The third kappa shape index (κ3) is 4.24. The quantitative estimate of drug-likeness (QED) is 0.852. The molecule has 0 saturated heterocycles. The van der Waals surface area contributed by atoms with Gasteiger partial charge in [-0.25, -0.2) is 4.68 Å². The fourth-order valence-electron chi connectivity index (χ4n) is 1.98. The first-order chi connectivity index (χ1) is 10.1. The topological polar surface area (TPSA) is 75.9 Å². The van der Waals surface area contributed by atoms with Crippen LogP contribution in [0.25, 0.3) is 0 Å². The maximum Gasteiger partial charge on any atom is 0.241 e. The van der Waals surface area contributed by atoms with Gasteiger partial charge in [0.25, 0.3) is 0 Å². The molecule has 0 bridgehead atoms. The lowest BCUT2D eigenvalue weighted by atomic mass is 10.1. The summed E-state index contributed by atoms with van der Waals surface area (Å²) in [4.78, 5) is 13.9. The van der Waals surface area contributed by atoms with Gasteiger partial charge in [0.15, 0.2) is 0 Å². The molecule has 1 aromatic heterocycles. The van der Waals surface area contributed by atoms with E-state index >= 15 is 0 Å². The number of likely N-dealkylation sites (N-methyl/N-ethyl adjacent to an activating group) is 1. The molecule has 1 aromatic carbocycles. The number of nitrogens with zero attached hydrogens (tertiary/aromatic N) is 5.